The molecule has 86 valence electrons. The molecule has 0 spiro atoms. The van der Waals surface area contributed by atoms with E-state index < -0.39 is 0 Å². The molecule has 14 heavy (non-hydrogen) atoms. The van der Waals surface area contributed by atoms with Crippen molar-refractivity contribution in [2.24, 2.45) is 11.5 Å². The van der Waals surface area contributed by atoms with Gasteiger partial charge in [-0.25, -0.2) is 0 Å². The second-order valence-electron chi connectivity index (χ2n) is 3.82. The van der Waals surface area contributed by atoms with E-state index in [0.29, 0.717) is 6.54 Å². The first kappa shape index (κ1) is 13.8. The van der Waals surface area contributed by atoms with Crippen LogP contribution in [0.15, 0.2) is 0 Å². The second-order valence-corrected chi connectivity index (χ2v) is 3.82. The van der Waals surface area contributed by atoms with Crippen LogP contribution in [-0.4, -0.2) is 50.2 Å². The molecule has 0 aromatic rings. The average molecular weight is 202 g/mol. The SMILES string of the molecule is CCCN(CCNCCN)CC(C)N. The number of nitrogens with two attached hydrogens (primary N) is 2. The predicted octanol–water partition coefficient (Wildman–Crippen LogP) is -0.406. The van der Waals surface area contributed by atoms with E-state index in [0.717, 1.165) is 32.7 Å². The quantitative estimate of drug-likeness (QED) is 0.445. The predicted molar refractivity (Wildman–Crippen MR) is 62.3 cm³/mol. The summed E-state index contributed by atoms with van der Waals surface area (Å²) in [5, 5.41) is 3.29. The molecule has 0 amide bonds. The Morgan fingerprint density at radius 1 is 1.29 bits per heavy atom. The normalized spacial score (nSPS) is 13.5. The lowest BCUT2D eigenvalue weighted by atomic mass is 10.3. The Bertz CT molecular complexity index is 117. The van der Waals surface area contributed by atoms with Crippen LogP contribution < -0.4 is 16.8 Å². The molecule has 0 heterocycles. The molecule has 0 saturated heterocycles. The molecule has 0 rings (SSSR count). The number of hydrogen-bond acceptors (Lipinski definition) is 4. The second kappa shape index (κ2) is 9.40. The summed E-state index contributed by atoms with van der Waals surface area (Å²) in [7, 11) is 0. The van der Waals surface area contributed by atoms with Gasteiger partial charge in [0.25, 0.3) is 0 Å². The van der Waals surface area contributed by atoms with Crippen molar-refractivity contribution in [2.45, 2.75) is 26.3 Å². The van der Waals surface area contributed by atoms with Crippen molar-refractivity contribution in [2.75, 3.05) is 39.3 Å². The summed E-state index contributed by atoms with van der Waals surface area (Å²) < 4.78 is 0. The van der Waals surface area contributed by atoms with Gasteiger partial charge in [0.2, 0.25) is 0 Å². The summed E-state index contributed by atoms with van der Waals surface area (Å²) >= 11 is 0. The molecule has 0 fully saturated rings. The van der Waals surface area contributed by atoms with E-state index in [1.807, 2.05) is 0 Å². The summed E-state index contributed by atoms with van der Waals surface area (Å²) in [6, 6.07) is 0.260. The maximum atomic E-state index is 5.77. The van der Waals surface area contributed by atoms with Crippen molar-refractivity contribution in [3.05, 3.63) is 0 Å². The molecule has 5 N–H and O–H groups in total. The molecule has 1 unspecified atom stereocenters. The molecule has 4 nitrogen and oxygen atoms in total. The van der Waals surface area contributed by atoms with Gasteiger partial charge in [-0.3, -0.25) is 0 Å². The maximum absolute atomic E-state index is 5.77. The van der Waals surface area contributed by atoms with E-state index >= 15 is 0 Å². The summed E-state index contributed by atoms with van der Waals surface area (Å²) in [6.45, 7) is 10.0. The van der Waals surface area contributed by atoms with Crippen LogP contribution in [0, 0.1) is 0 Å². The summed E-state index contributed by atoms with van der Waals surface area (Å²) in [4.78, 5) is 2.40. The third-order valence-corrected chi connectivity index (χ3v) is 2.01. The summed E-state index contributed by atoms with van der Waals surface area (Å²) in [6.07, 6.45) is 1.18. The van der Waals surface area contributed by atoms with Gasteiger partial charge in [-0.15, -0.1) is 0 Å². The number of hydrogen-bond donors (Lipinski definition) is 3. The molecule has 1 atom stereocenters. The standard InChI is InChI=1S/C10H26N4/c1-3-7-14(9-10(2)12)8-6-13-5-4-11/h10,13H,3-9,11-12H2,1-2H3. The zero-order valence-corrected chi connectivity index (χ0v) is 9.63. The highest BCUT2D eigenvalue weighted by atomic mass is 15.1. The van der Waals surface area contributed by atoms with Crippen molar-refractivity contribution in [3.8, 4) is 0 Å². The topological polar surface area (TPSA) is 67.3 Å². The van der Waals surface area contributed by atoms with Crippen LogP contribution in [0.4, 0.5) is 0 Å². The van der Waals surface area contributed by atoms with Crippen molar-refractivity contribution in [1.29, 1.82) is 0 Å². The Labute approximate surface area is 88.0 Å². The molecule has 0 bridgehead atoms. The molecule has 0 radical (unpaired) electrons. The van der Waals surface area contributed by atoms with E-state index in [1.54, 1.807) is 0 Å². The molecule has 0 aliphatic carbocycles. The summed E-state index contributed by atoms with van der Waals surface area (Å²) in [5.41, 5.74) is 11.2. The Morgan fingerprint density at radius 2 is 2.00 bits per heavy atom. The van der Waals surface area contributed by atoms with E-state index in [4.69, 9.17) is 11.5 Å². The highest BCUT2D eigenvalue weighted by Gasteiger charge is 2.05. The average Bonchev–Trinajstić information content (AvgIpc) is 2.12. The fraction of sp³-hybridized carbons (Fsp3) is 1.00. The lowest BCUT2D eigenvalue weighted by Gasteiger charge is -2.23. The highest BCUT2D eigenvalue weighted by molar-refractivity contribution is 4.65. The van der Waals surface area contributed by atoms with Gasteiger partial charge < -0.3 is 21.7 Å². The first-order valence-electron chi connectivity index (χ1n) is 5.59. The van der Waals surface area contributed by atoms with Crippen molar-refractivity contribution < 1.29 is 0 Å². The van der Waals surface area contributed by atoms with Crippen LogP contribution in [0.25, 0.3) is 0 Å². The van der Waals surface area contributed by atoms with Gasteiger partial charge in [0, 0.05) is 38.8 Å². The third-order valence-electron chi connectivity index (χ3n) is 2.01. The molecular formula is C10H26N4. The van der Waals surface area contributed by atoms with Crippen molar-refractivity contribution in [3.63, 3.8) is 0 Å². The Balaban J connectivity index is 3.51. The van der Waals surface area contributed by atoms with Crippen LogP contribution in [0.3, 0.4) is 0 Å². The van der Waals surface area contributed by atoms with E-state index in [9.17, 15) is 0 Å². The molecule has 0 aliphatic rings. The Kier molecular flexibility index (Phi) is 9.29. The molecular weight excluding hydrogens is 176 g/mol. The molecule has 0 saturated carbocycles. The largest absolute Gasteiger partial charge is 0.329 e. The maximum Gasteiger partial charge on any atom is 0.0139 e. The molecule has 0 aromatic carbocycles. The van der Waals surface area contributed by atoms with Crippen LogP contribution in [0.1, 0.15) is 20.3 Å². The van der Waals surface area contributed by atoms with Crippen LogP contribution in [-0.2, 0) is 0 Å². The van der Waals surface area contributed by atoms with Gasteiger partial charge in [0.1, 0.15) is 0 Å². The first-order valence-corrected chi connectivity index (χ1v) is 5.59. The van der Waals surface area contributed by atoms with Crippen molar-refractivity contribution in [1.82, 2.24) is 10.2 Å². The van der Waals surface area contributed by atoms with Gasteiger partial charge in [-0.2, -0.15) is 0 Å². The monoisotopic (exact) mass is 202 g/mol. The van der Waals surface area contributed by atoms with Gasteiger partial charge >= 0.3 is 0 Å². The number of nitrogens with one attached hydrogen (secondary N) is 1. The van der Waals surface area contributed by atoms with Gasteiger partial charge in [0.05, 0.1) is 0 Å². The van der Waals surface area contributed by atoms with E-state index in [-0.39, 0.29) is 6.04 Å². The molecule has 4 heteroatoms. The Hall–Kier alpha value is -0.160. The minimum atomic E-state index is 0.260. The number of rotatable bonds is 9. The minimum absolute atomic E-state index is 0.260. The van der Waals surface area contributed by atoms with Crippen LogP contribution in [0.2, 0.25) is 0 Å². The fourth-order valence-electron chi connectivity index (χ4n) is 1.48. The van der Waals surface area contributed by atoms with Crippen molar-refractivity contribution >= 4 is 0 Å². The Morgan fingerprint density at radius 3 is 2.50 bits per heavy atom. The van der Waals surface area contributed by atoms with Gasteiger partial charge in [-0.05, 0) is 19.9 Å². The van der Waals surface area contributed by atoms with Gasteiger partial charge in [-0.1, -0.05) is 6.92 Å². The lowest BCUT2D eigenvalue weighted by Crippen LogP contribution is -2.40. The fourth-order valence-corrected chi connectivity index (χ4v) is 1.48. The number of nitrogens with zero attached hydrogens (tertiary/aromatic N) is 1. The van der Waals surface area contributed by atoms with Crippen LogP contribution >= 0.6 is 0 Å². The smallest absolute Gasteiger partial charge is 0.0139 e. The first-order chi connectivity index (χ1) is 6.70. The van der Waals surface area contributed by atoms with Crippen LogP contribution in [0.5, 0.6) is 0 Å². The van der Waals surface area contributed by atoms with Gasteiger partial charge in [0.15, 0.2) is 0 Å². The zero-order chi connectivity index (χ0) is 10.8. The van der Waals surface area contributed by atoms with E-state index in [2.05, 4.69) is 24.1 Å². The minimum Gasteiger partial charge on any atom is -0.329 e. The zero-order valence-electron chi connectivity index (χ0n) is 9.63. The summed E-state index contributed by atoms with van der Waals surface area (Å²) in [5.74, 6) is 0. The lowest BCUT2D eigenvalue weighted by molar-refractivity contribution is 0.262. The molecule has 0 aliphatic heterocycles. The van der Waals surface area contributed by atoms with E-state index in [1.165, 1.54) is 6.42 Å². The molecule has 0 aromatic heterocycles. The highest BCUT2D eigenvalue weighted by Crippen LogP contribution is 1.92. The third kappa shape index (κ3) is 8.44.